The van der Waals surface area contributed by atoms with Gasteiger partial charge in [0.2, 0.25) is 5.95 Å². The van der Waals surface area contributed by atoms with Gasteiger partial charge in [0.25, 0.3) is 0 Å². The molecule has 2 aliphatic carbocycles. The van der Waals surface area contributed by atoms with Gasteiger partial charge in [-0.25, -0.2) is 9.97 Å². The lowest BCUT2D eigenvalue weighted by Crippen LogP contribution is -2.52. The summed E-state index contributed by atoms with van der Waals surface area (Å²) in [4.78, 5) is 17.5. The zero-order chi connectivity index (χ0) is 16.6. The monoisotopic (exact) mass is 341 g/mol. The Labute approximate surface area is 151 Å². The SMILES string of the molecule is c1nc(N2CCN(C3CCC3)CC2)nc2c1CCN(C1CCC1)CC2. The molecule has 0 amide bonds. The summed E-state index contributed by atoms with van der Waals surface area (Å²) in [6.07, 6.45) is 12.8. The van der Waals surface area contributed by atoms with E-state index in [4.69, 9.17) is 9.97 Å². The third kappa shape index (κ3) is 3.17. The lowest BCUT2D eigenvalue weighted by molar-refractivity contribution is 0.120. The van der Waals surface area contributed by atoms with Crippen LogP contribution in [0, 0.1) is 0 Å². The van der Waals surface area contributed by atoms with E-state index in [1.54, 1.807) is 0 Å². The van der Waals surface area contributed by atoms with E-state index in [9.17, 15) is 0 Å². The molecule has 0 atom stereocenters. The van der Waals surface area contributed by atoms with Crippen LogP contribution in [-0.4, -0.2) is 71.1 Å². The van der Waals surface area contributed by atoms with Crippen LogP contribution in [0.4, 0.5) is 5.95 Å². The molecule has 0 radical (unpaired) electrons. The second-order valence-electron chi connectivity index (χ2n) is 8.37. The molecule has 1 aromatic heterocycles. The maximum atomic E-state index is 5.01. The second kappa shape index (κ2) is 6.84. The number of hydrogen-bond donors (Lipinski definition) is 0. The van der Waals surface area contributed by atoms with Crippen molar-refractivity contribution in [3.05, 3.63) is 17.5 Å². The molecule has 2 saturated carbocycles. The Bertz CT molecular complexity index is 602. The fraction of sp³-hybridized carbons (Fsp3) is 0.800. The first kappa shape index (κ1) is 16.0. The standard InChI is InChI=1S/C20H31N5/c1-3-17(4-1)23-9-7-16-15-21-20(22-19(16)8-10-23)25-13-11-24(12-14-25)18-5-2-6-18/h15,17-18H,1-14H2. The fourth-order valence-electron chi connectivity index (χ4n) is 4.79. The van der Waals surface area contributed by atoms with Gasteiger partial charge in [0.1, 0.15) is 0 Å². The summed E-state index contributed by atoms with van der Waals surface area (Å²) >= 11 is 0. The largest absolute Gasteiger partial charge is 0.338 e. The van der Waals surface area contributed by atoms with Crippen LogP contribution in [0.2, 0.25) is 0 Å². The Morgan fingerprint density at radius 2 is 1.40 bits per heavy atom. The van der Waals surface area contributed by atoms with E-state index in [1.165, 1.54) is 76.0 Å². The first-order valence-corrected chi connectivity index (χ1v) is 10.4. The van der Waals surface area contributed by atoms with Crippen LogP contribution < -0.4 is 4.90 Å². The smallest absolute Gasteiger partial charge is 0.225 e. The average molecular weight is 342 g/mol. The van der Waals surface area contributed by atoms with Crippen LogP contribution in [0.5, 0.6) is 0 Å². The van der Waals surface area contributed by atoms with E-state index >= 15 is 0 Å². The van der Waals surface area contributed by atoms with Gasteiger partial charge >= 0.3 is 0 Å². The molecule has 0 unspecified atom stereocenters. The van der Waals surface area contributed by atoms with Gasteiger partial charge in [0.05, 0.1) is 5.69 Å². The van der Waals surface area contributed by atoms with Crippen LogP contribution in [0.15, 0.2) is 6.20 Å². The third-order valence-corrected chi connectivity index (χ3v) is 7.02. The number of fused-ring (bicyclic) bond motifs is 1. The Balaban J connectivity index is 1.23. The summed E-state index contributed by atoms with van der Waals surface area (Å²) in [5.41, 5.74) is 2.70. The van der Waals surface area contributed by atoms with Crippen molar-refractivity contribution < 1.29 is 0 Å². The Kier molecular flexibility index (Phi) is 4.38. The van der Waals surface area contributed by atoms with Gasteiger partial charge in [0, 0.05) is 64.0 Å². The predicted octanol–water partition coefficient (Wildman–Crippen LogP) is 2.10. The Morgan fingerprint density at radius 3 is 2.04 bits per heavy atom. The van der Waals surface area contributed by atoms with E-state index < -0.39 is 0 Å². The van der Waals surface area contributed by atoms with Gasteiger partial charge in [-0.05, 0) is 37.7 Å². The maximum absolute atomic E-state index is 5.01. The van der Waals surface area contributed by atoms with Crippen molar-refractivity contribution in [2.45, 2.75) is 63.5 Å². The number of nitrogens with zero attached hydrogens (tertiary/aromatic N) is 5. The summed E-state index contributed by atoms with van der Waals surface area (Å²) in [6, 6.07) is 1.72. The van der Waals surface area contributed by atoms with Crippen molar-refractivity contribution >= 4 is 5.95 Å². The van der Waals surface area contributed by atoms with Crippen LogP contribution in [0.1, 0.15) is 49.8 Å². The first-order valence-electron chi connectivity index (χ1n) is 10.4. The highest BCUT2D eigenvalue weighted by Crippen LogP contribution is 2.28. The molecule has 3 heterocycles. The van der Waals surface area contributed by atoms with Gasteiger partial charge in [0.15, 0.2) is 0 Å². The van der Waals surface area contributed by atoms with E-state index in [-0.39, 0.29) is 0 Å². The molecule has 5 heteroatoms. The minimum Gasteiger partial charge on any atom is -0.338 e. The van der Waals surface area contributed by atoms with Crippen molar-refractivity contribution in [1.29, 1.82) is 0 Å². The molecule has 5 rings (SSSR count). The average Bonchev–Trinajstić information content (AvgIpc) is 2.75. The molecular weight excluding hydrogens is 310 g/mol. The maximum Gasteiger partial charge on any atom is 0.225 e. The van der Waals surface area contributed by atoms with Crippen LogP contribution in [0.3, 0.4) is 0 Å². The summed E-state index contributed by atoms with van der Waals surface area (Å²) in [7, 11) is 0. The lowest BCUT2D eigenvalue weighted by atomic mass is 9.91. The first-order chi connectivity index (χ1) is 12.4. The van der Waals surface area contributed by atoms with Gasteiger partial charge < -0.3 is 4.90 Å². The Hall–Kier alpha value is -1.20. The van der Waals surface area contributed by atoms with E-state index in [0.29, 0.717) is 0 Å². The highest BCUT2D eigenvalue weighted by atomic mass is 15.3. The molecule has 3 fully saturated rings. The topological polar surface area (TPSA) is 35.5 Å². The molecule has 5 nitrogen and oxygen atoms in total. The van der Waals surface area contributed by atoms with Crippen molar-refractivity contribution in [3.63, 3.8) is 0 Å². The summed E-state index contributed by atoms with van der Waals surface area (Å²) in [5.74, 6) is 0.976. The normalized spacial score (nSPS) is 26.6. The van der Waals surface area contributed by atoms with E-state index in [0.717, 1.165) is 44.0 Å². The van der Waals surface area contributed by atoms with Gasteiger partial charge in [-0.3, -0.25) is 9.80 Å². The lowest BCUT2D eigenvalue weighted by Gasteiger charge is -2.43. The molecule has 1 aromatic rings. The van der Waals surface area contributed by atoms with Crippen molar-refractivity contribution in [2.75, 3.05) is 44.2 Å². The summed E-state index contributed by atoms with van der Waals surface area (Å²) < 4.78 is 0. The number of aromatic nitrogens is 2. The van der Waals surface area contributed by atoms with Crippen molar-refractivity contribution in [2.24, 2.45) is 0 Å². The zero-order valence-corrected chi connectivity index (χ0v) is 15.4. The molecule has 1 saturated heterocycles. The van der Waals surface area contributed by atoms with Crippen LogP contribution in [0.25, 0.3) is 0 Å². The molecule has 25 heavy (non-hydrogen) atoms. The van der Waals surface area contributed by atoms with Crippen LogP contribution in [-0.2, 0) is 12.8 Å². The van der Waals surface area contributed by atoms with Gasteiger partial charge in [-0.2, -0.15) is 0 Å². The molecule has 136 valence electrons. The molecule has 4 aliphatic rings. The highest BCUT2D eigenvalue weighted by Gasteiger charge is 2.30. The summed E-state index contributed by atoms with van der Waals surface area (Å²) in [6.45, 7) is 6.91. The highest BCUT2D eigenvalue weighted by molar-refractivity contribution is 5.35. The third-order valence-electron chi connectivity index (χ3n) is 7.02. The molecule has 0 N–H and O–H groups in total. The number of rotatable bonds is 3. The van der Waals surface area contributed by atoms with Crippen molar-refractivity contribution in [3.8, 4) is 0 Å². The molecular formula is C20H31N5. The zero-order valence-electron chi connectivity index (χ0n) is 15.4. The minimum atomic E-state index is 0.848. The number of hydrogen-bond acceptors (Lipinski definition) is 5. The molecule has 2 aliphatic heterocycles. The van der Waals surface area contributed by atoms with Crippen LogP contribution >= 0.6 is 0 Å². The number of piperazine rings is 1. The van der Waals surface area contributed by atoms with Gasteiger partial charge in [-0.1, -0.05) is 12.8 Å². The molecule has 0 bridgehead atoms. The van der Waals surface area contributed by atoms with Crippen molar-refractivity contribution in [1.82, 2.24) is 19.8 Å². The van der Waals surface area contributed by atoms with Gasteiger partial charge in [-0.15, -0.1) is 0 Å². The molecule has 0 spiro atoms. The molecule has 0 aromatic carbocycles. The summed E-state index contributed by atoms with van der Waals surface area (Å²) in [5, 5.41) is 0. The van der Waals surface area contributed by atoms with E-state index in [1.807, 2.05) is 0 Å². The number of anilines is 1. The second-order valence-corrected chi connectivity index (χ2v) is 8.37. The predicted molar refractivity (Wildman–Crippen MR) is 100 cm³/mol. The minimum absolute atomic E-state index is 0.848. The van der Waals surface area contributed by atoms with E-state index in [2.05, 4.69) is 20.9 Å². The fourth-order valence-corrected chi connectivity index (χ4v) is 4.79. The Morgan fingerprint density at radius 1 is 0.760 bits per heavy atom. The quantitative estimate of drug-likeness (QED) is 0.841.